The minimum absolute atomic E-state index is 0.108. The maximum Gasteiger partial charge on any atom is 0.251 e. The number of nitrogens with zero attached hydrogens (tertiary/aromatic N) is 1. The number of benzene rings is 1. The molecule has 0 unspecified atom stereocenters. The van der Waals surface area contributed by atoms with Crippen LogP contribution in [0.3, 0.4) is 0 Å². The Balaban J connectivity index is 2.09. The third-order valence-electron chi connectivity index (χ3n) is 4.11. The number of rotatable bonds is 6. The zero-order chi connectivity index (χ0) is 17.6. The van der Waals surface area contributed by atoms with Crippen LogP contribution in [0.5, 0.6) is 0 Å². The summed E-state index contributed by atoms with van der Waals surface area (Å²) in [5.74, 6) is -0.238. The molecule has 0 aliphatic carbocycles. The van der Waals surface area contributed by atoms with Gasteiger partial charge in [0.25, 0.3) is 5.91 Å². The predicted molar refractivity (Wildman–Crippen MR) is 92.5 cm³/mol. The molecule has 7 heteroatoms. The average Bonchev–Trinajstić information content (AvgIpc) is 2.85. The lowest BCUT2D eigenvalue weighted by molar-refractivity contribution is 0.0905. The molecule has 134 valence electrons. The van der Waals surface area contributed by atoms with Crippen molar-refractivity contribution < 1.29 is 17.9 Å². The summed E-state index contributed by atoms with van der Waals surface area (Å²) >= 11 is 0. The molecule has 6 nitrogen and oxygen atoms in total. The average molecular weight is 354 g/mol. The third-order valence-corrected chi connectivity index (χ3v) is 6.03. The van der Waals surface area contributed by atoms with Crippen molar-refractivity contribution in [3.8, 4) is 0 Å². The van der Waals surface area contributed by atoms with Crippen LogP contribution in [0.15, 0.2) is 29.2 Å². The van der Waals surface area contributed by atoms with Crippen molar-refractivity contribution in [3.63, 3.8) is 0 Å². The first-order valence-corrected chi connectivity index (χ1v) is 9.79. The van der Waals surface area contributed by atoms with E-state index in [9.17, 15) is 13.2 Å². The topological polar surface area (TPSA) is 75.7 Å². The molecule has 0 bridgehead atoms. The van der Waals surface area contributed by atoms with E-state index in [1.165, 1.54) is 12.1 Å². The largest absolute Gasteiger partial charge is 0.383 e. The zero-order valence-electron chi connectivity index (χ0n) is 14.3. The fourth-order valence-corrected chi connectivity index (χ4v) is 4.33. The highest BCUT2D eigenvalue weighted by Gasteiger charge is 2.25. The number of sulfonamides is 1. The van der Waals surface area contributed by atoms with Crippen molar-refractivity contribution in [1.82, 2.24) is 9.62 Å². The number of carbonyl (C=O) groups is 1. The van der Waals surface area contributed by atoms with Gasteiger partial charge in [-0.15, -0.1) is 0 Å². The first-order valence-electron chi connectivity index (χ1n) is 8.35. The second kappa shape index (κ2) is 8.60. The van der Waals surface area contributed by atoms with Gasteiger partial charge in [-0.25, -0.2) is 8.42 Å². The molecule has 1 amide bonds. The molecule has 1 aromatic rings. The number of methoxy groups -OCH3 is 1. The van der Waals surface area contributed by atoms with Gasteiger partial charge in [0.2, 0.25) is 10.0 Å². The predicted octanol–water partition coefficient (Wildman–Crippen LogP) is 2.02. The smallest absolute Gasteiger partial charge is 0.251 e. The first-order chi connectivity index (χ1) is 11.4. The van der Waals surface area contributed by atoms with E-state index in [1.807, 2.05) is 6.92 Å². The maximum atomic E-state index is 12.7. The van der Waals surface area contributed by atoms with Gasteiger partial charge in [-0.1, -0.05) is 12.8 Å². The highest BCUT2D eigenvalue weighted by atomic mass is 32.2. The Morgan fingerprint density at radius 3 is 2.29 bits per heavy atom. The van der Waals surface area contributed by atoms with Gasteiger partial charge in [0.15, 0.2) is 0 Å². The van der Waals surface area contributed by atoms with Crippen molar-refractivity contribution in [2.24, 2.45) is 0 Å². The van der Waals surface area contributed by atoms with Gasteiger partial charge in [0.1, 0.15) is 0 Å². The Kier molecular flexibility index (Phi) is 6.77. The van der Waals surface area contributed by atoms with Gasteiger partial charge >= 0.3 is 0 Å². The number of hydrogen-bond acceptors (Lipinski definition) is 4. The maximum absolute atomic E-state index is 12.7. The van der Waals surface area contributed by atoms with Gasteiger partial charge in [0, 0.05) is 31.8 Å². The van der Waals surface area contributed by atoms with Crippen molar-refractivity contribution in [2.45, 2.75) is 43.5 Å². The minimum atomic E-state index is -3.48. The van der Waals surface area contributed by atoms with E-state index in [0.717, 1.165) is 25.7 Å². The van der Waals surface area contributed by atoms with Crippen LogP contribution in [0, 0.1) is 0 Å². The summed E-state index contributed by atoms with van der Waals surface area (Å²) < 4.78 is 31.9. The number of amides is 1. The van der Waals surface area contributed by atoms with E-state index < -0.39 is 10.0 Å². The van der Waals surface area contributed by atoms with Crippen LogP contribution in [0.2, 0.25) is 0 Å². The van der Waals surface area contributed by atoms with Crippen LogP contribution in [0.1, 0.15) is 43.0 Å². The molecule has 0 saturated carbocycles. The van der Waals surface area contributed by atoms with Crippen LogP contribution in [0.25, 0.3) is 0 Å². The monoisotopic (exact) mass is 354 g/mol. The fourth-order valence-electron chi connectivity index (χ4n) is 2.81. The lowest BCUT2D eigenvalue weighted by atomic mass is 10.2. The summed E-state index contributed by atoms with van der Waals surface area (Å²) in [6.45, 7) is 3.41. The van der Waals surface area contributed by atoms with E-state index in [4.69, 9.17) is 4.74 Å². The Morgan fingerprint density at radius 1 is 1.17 bits per heavy atom. The molecule has 2 rings (SSSR count). The lowest BCUT2D eigenvalue weighted by Gasteiger charge is -2.20. The van der Waals surface area contributed by atoms with Crippen LogP contribution in [0.4, 0.5) is 0 Å². The van der Waals surface area contributed by atoms with Gasteiger partial charge in [-0.3, -0.25) is 4.79 Å². The Morgan fingerprint density at radius 2 is 1.75 bits per heavy atom. The van der Waals surface area contributed by atoms with E-state index >= 15 is 0 Å². The van der Waals surface area contributed by atoms with E-state index in [2.05, 4.69) is 5.32 Å². The first kappa shape index (κ1) is 18.9. The van der Waals surface area contributed by atoms with Gasteiger partial charge in [-0.05, 0) is 44.0 Å². The summed E-state index contributed by atoms with van der Waals surface area (Å²) in [7, 11) is -1.90. The highest BCUT2D eigenvalue weighted by Crippen LogP contribution is 2.20. The number of nitrogens with one attached hydrogen (secondary N) is 1. The van der Waals surface area contributed by atoms with Crippen LogP contribution in [-0.2, 0) is 14.8 Å². The summed E-state index contributed by atoms with van der Waals surface area (Å²) in [5, 5.41) is 2.80. The molecule has 0 aromatic heterocycles. The second-order valence-electron chi connectivity index (χ2n) is 6.17. The van der Waals surface area contributed by atoms with Gasteiger partial charge in [-0.2, -0.15) is 4.31 Å². The molecule has 0 spiro atoms. The second-order valence-corrected chi connectivity index (χ2v) is 8.11. The Labute approximate surface area is 144 Å². The molecule has 24 heavy (non-hydrogen) atoms. The molecule has 1 aromatic carbocycles. The van der Waals surface area contributed by atoms with E-state index in [0.29, 0.717) is 25.3 Å². The molecule has 1 atom stereocenters. The number of ether oxygens (including phenoxy) is 1. The molecule has 1 N–H and O–H groups in total. The quantitative estimate of drug-likeness (QED) is 0.848. The molecule has 1 heterocycles. The Hall–Kier alpha value is -1.44. The highest BCUT2D eigenvalue weighted by molar-refractivity contribution is 7.89. The number of carbonyl (C=O) groups excluding carboxylic acids is 1. The molecular weight excluding hydrogens is 328 g/mol. The van der Waals surface area contributed by atoms with Crippen LogP contribution >= 0.6 is 0 Å². The number of hydrogen-bond donors (Lipinski definition) is 1. The molecule has 1 fully saturated rings. The van der Waals surface area contributed by atoms with Crippen molar-refractivity contribution >= 4 is 15.9 Å². The van der Waals surface area contributed by atoms with E-state index in [-0.39, 0.29) is 16.8 Å². The lowest BCUT2D eigenvalue weighted by Crippen LogP contribution is -2.35. The molecule has 0 radical (unpaired) electrons. The molecule has 1 aliphatic heterocycles. The summed E-state index contributed by atoms with van der Waals surface area (Å²) in [6, 6.07) is 6.02. The SMILES string of the molecule is COC[C@H](C)NC(=O)c1ccc(S(=O)(=O)N2CCCCCC2)cc1. The van der Waals surface area contributed by atoms with Crippen LogP contribution < -0.4 is 5.32 Å². The van der Waals surface area contributed by atoms with Gasteiger partial charge in [0.05, 0.1) is 11.5 Å². The summed E-state index contributed by atoms with van der Waals surface area (Å²) in [4.78, 5) is 12.4. The summed E-state index contributed by atoms with van der Waals surface area (Å²) in [5.41, 5.74) is 0.438. The molecule has 1 saturated heterocycles. The minimum Gasteiger partial charge on any atom is -0.383 e. The van der Waals surface area contributed by atoms with Crippen molar-refractivity contribution in [2.75, 3.05) is 26.8 Å². The standard InChI is InChI=1S/C17H26N2O4S/c1-14(13-23-2)18-17(20)15-7-9-16(10-8-15)24(21,22)19-11-5-3-4-6-12-19/h7-10,14H,3-6,11-13H2,1-2H3,(H,18,20)/t14-/m0/s1. The fraction of sp³-hybridized carbons (Fsp3) is 0.588. The van der Waals surface area contributed by atoms with E-state index in [1.54, 1.807) is 23.5 Å². The van der Waals surface area contributed by atoms with Crippen molar-refractivity contribution in [3.05, 3.63) is 29.8 Å². The van der Waals surface area contributed by atoms with Crippen molar-refractivity contribution in [1.29, 1.82) is 0 Å². The Bertz CT molecular complexity index is 635. The third kappa shape index (κ3) is 4.78. The normalized spacial score (nSPS) is 17.9. The van der Waals surface area contributed by atoms with Gasteiger partial charge < -0.3 is 10.1 Å². The zero-order valence-corrected chi connectivity index (χ0v) is 15.1. The molecule has 1 aliphatic rings. The molecular formula is C17H26N2O4S. The van der Waals surface area contributed by atoms with Crippen LogP contribution in [-0.4, -0.2) is 51.5 Å². The summed E-state index contributed by atoms with van der Waals surface area (Å²) in [6.07, 6.45) is 3.95.